The van der Waals surface area contributed by atoms with Gasteiger partial charge in [-0.25, -0.2) is 9.18 Å². The fourth-order valence-corrected chi connectivity index (χ4v) is 4.28. The molecule has 7 nitrogen and oxygen atoms in total. The minimum Gasteiger partial charge on any atom is -0.492 e. The molecule has 0 amide bonds. The van der Waals surface area contributed by atoms with E-state index in [9.17, 15) is 14.7 Å². The van der Waals surface area contributed by atoms with Gasteiger partial charge in [0.05, 0.1) is 12.5 Å². The zero-order valence-electron chi connectivity index (χ0n) is 16.7. The Morgan fingerprint density at radius 2 is 1.97 bits per heavy atom. The summed E-state index contributed by atoms with van der Waals surface area (Å²) in [4.78, 5) is 26.3. The molecule has 2 aliphatic rings. The lowest BCUT2D eigenvalue weighted by molar-refractivity contribution is 0.0695. The second-order valence-electron chi connectivity index (χ2n) is 7.79. The molecular formula is C21H24FN3O4. The van der Waals surface area contributed by atoms with E-state index in [1.165, 1.54) is 13.3 Å². The maximum Gasteiger partial charge on any atom is 0.341 e. The number of halogens is 1. The Kier molecular flexibility index (Phi) is 4.82. The molecule has 154 valence electrons. The van der Waals surface area contributed by atoms with Crippen LogP contribution in [0.1, 0.15) is 37.0 Å². The van der Waals surface area contributed by atoms with E-state index in [2.05, 4.69) is 5.32 Å². The first-order valence-electron chi connectivity index (χ1n) is 9.71. The van der Waals surface area contributed by atoms with Crippen LogP contribution in [0.2, 0.25) is 0 Å². The Hall–Kier alpha value is -2.87. The van der Waals surface area contributed by atoms with Crippen molar-refractivity contribution in [3.63, 3.8) is 0 Å². The second kappa shape index (κ2) is 7.18. The van der Waals surface area contributed by atoms with Gasteiger partial charge in [0.1, 0.15) is 16.8 Å². The molecular weight excluding hydrogens is 377 g/mol. The van der Waals surface area contributed by atoms with Gasteiger partial charge in [0.15, 0.2) is 11.6 Å². The topological polar surface area (TPSA) is 83.8 Å². The van der Waals surface area contributed by atoms with Gasteiger partial charge in [0.2, 0.25) is 5.43 Å². The summed E-state index contributed by atoms with van der Waals surface area (Å²) >= 11 is 0. The number of piperazine rings is 1. The predicted molar refractivity (Wildman–Crippen MR) is 109 cm³/mol. The molecule has 29 heavy (non-hydrogen) atoms. The molecule has 2 heterocycles. The largest absolute Gasteiger partial charge is 0.492 e. The Balaban J connectivity index is 2.05. The summed E-state index contributed by atoms with van der Waals surface area (Å²) in [7, 11) is 1.45. The molecule has 2 aromatic rings. The highest BCUT2D eigenvalue weighted by molar-refractivity contribution is 5.98. The van der Waals surface area contributed by atoms with Gasteiger partial charge in [-0.15, -0.1) is 0 Å². The number of nitrogens with zero attached hydrogens (tertiary/aromatic N) is 2. The van der Waals surface area contributed by atoms with Gasteiger partial charge in [-0.1, -0.05) is 6.08 Å². The maximum absolute atomic E-state index is 15.3. The van der Waals surface area contributed by atoms with Crippen LogP contribution in [0.4, 0.5) is 10.1 Å². The molecule has 2 atom stereocenters. The van der Waals surface area contributed by atoms with Gasteiger partial charge in [0, 0.05) is 37.1 Å². The Labute approximate surface area is 167 Å². The Morgan fingerprint density at radius 1 is 1.31 bits per heavy atom. The first-order chi connectivity index (χ1) is 13.8. The highest BCUT2D eigenvalue weighted by Crippen LogP contribution is 2.40. The lowest BCUT2D eigenvalue weighted by atomic mass is 10.0. The van der Waals surface area contributed by atoms with Crippen LogP contribution in [0.15, 0.2) is 23.1 Å². The van der Waals surface area contributed by atoms with E-state index in [-0.39, 0.29) is 28.8 Å². The van der Waals surface area contributed by atoms with Crippen molar-refractivity contribution in [3.8, 4) is 5.75 Å². The van der Waals surface area contributed by atoms with Crippen molar-refractivity contribution in [2.24, 2.45) is 0 Å². The van der Waals surface area contributed by atoms with E-state index in [1.807, 2.05) is 24.8 Å². The molecule has 1 aromatic heterocycles. The normalized spacial score (nSPS) is 21.7. The number of aromatic nitrogens is 1. The summed E-state index contributed by atoms with van der Waals surface area (Å²) in [5, 5.41) is 12.9. The molecule has 1 fully saturated rings. The van der Waals surface area contributed by atoms with Crippen molar-refractivity contribution in [1.29, 1.82) is 0 Å². The van der Waals surface area contributed by atoms with E-state index >= 15 is 4.39 Å². The number of hydrogen-bond donors (Lipinski definition) is 2. The van der Waals surface area contributed by atoms with Crippen LogP contribution in [-0.2, 0) is 0 Å². The van der Waals surface area contributed by atoms with Gasteiger partial charge in [0.25, 0.3) is 0 Å². The SMILES string of the molecule is COc1c(N2C[C@@H](C)N[C@@H](C)C2)c(F)cc2c(=O)c(C(=O)O)cn(C3=CCC3)c12. The van der Waals surface area contributed by atoms with Crippen LogP contribution in [0.25, 0.3) is 16.6 Å². The van der Waals surface area contributed by atoms with Crippen LogP contribution < -0.4 is 20.4 Å². The van der Waals surface area contributed by atoms with Gasteiger partial charge >= 0.3 is 5.97 Å². The number of hydrogen-bond acceptors (Lipinski definition) is 5. The third kappa shape index (κ3) is 3.17. The third-order valence-electron chi connectivity index (χ3n) is 5.57. The first-order valence-corrected chi connectivity index (χ1v) is 9.71. The third-order valence-corrected chi connectivity index (χ3v) is 5.57. The summed E-state index contributed by atoms with van der Waals surface area (Å²) in [6, 6.07) is 1.46. The fourth-order valence-electron chi connectivity index (χ4n) is 4.28. The molecule has 0 bridgehead atoms. The average molecular weight is 401 g/mol. The molecule has 0 saturated carbocycles. The zero-order chi connectivity index (χ0) is 20.9. The highest BCUT2D eigenvalue weighted by Gasteiger charge is 2.30. The molecule has 0 spiro atoms. The molecule has 1 saturated heterocycles. The Bertz CT molecular complexity index is 1080. The quantitative estimate of drug-likeness (QED) is 0.820. The number of carboxylic acid groups (broad SMARTS) is 1. The lowest BCUT2D eigenvalue weighted by Crippen LogP contribution is -2.54. The Morgan fingerprint density at radius 3 is 2.48 bits per heavy atom. The van der Waals surface area contributed by atoms with Crippen molar-refractivity contribution < 1.29 is 19.0 Å². The number of ether oxygens (including phenoxy) is 1. The number of rotatable bonds is 4. The van der Waals surface area contributed by atoms with Gasteiger partial charge in [-0.05, 0) is 32.8 Å². The first kappa shape index (κ1) is 19.4. The van der Waals surface area contributed by atoms with E-state index in [1.54, 1.807) is 4.57 Å². The summed E-state index contributed by atoms with van der Waals surface area (Å²) in [5.74, 6) is -1.67. The summed E-state index contributed by atoms with van der Waals surface area (Å²) < 4.78 is 22.6. The molecule has 1 aliphatic carbocycles. The smallest absolute Gasteiger partial charge is 0.341 e. The van der Waals surface area contributed by atoms with Crippen molar-refractivity contribution >= 4 is 28.3 Å². The number of methoxy groups -OCH3 is 1. The predicted octanol–water partition coefficient (Wildman–Crippen LogP) is 2.67. The molecule has 1 aromatic carbocycles. The van der Waals surface area contributed by atoms with Gasteiger partial charge in [-0.3, -0.25) is 4.79 Å². The molecule has 0 unspecified atom stereocenters. The lowest BCUT2D eigenvalue weighted by Gasteiger charge is -2.38. The van der Waals surface area contributed by atoms with Crippen molar-refractivity contribution in [3.05, 3.63) is 39.9 Å². The molecule has 4 rings (SSSR count). The number of aromatic carboxylic acids is 1. The van der Waals surface area contributed by atoms with Crippen LogP contribution >= 0.6 is 0 Å². The average Bonchev–Trinajstić information content (AvgIpc) is 2.60. The maximum atomic E-state index is 15.3. The minimum absolute atomic E-state index is 0.00651. The highest BCUT2D eigenvalue weighted by atomic mass is 19.1. The van der Waals surface area contributed by atoms with E-state index in [0.29, 0.717) is 24.3 Å². The van der Waals surface area contributed by atoms with Crippen LogP contribution in [0.3, 0.4) is 0 Å². The molecule has 2 N–H and O–H groups in total. The minimum atomic E-state index is -1.33. The van der Waals surface area contributed by atoms with Crippen molar-refractivity contribution in [1.82, 2.24) is 9.88 Å². The number of nitrogens with one attached hydrogen (secondary N) is 1. The van der Waals surface area contributed by atoms with Gasteiger partial charge < -0.3 is 24.6 Å². The number of pyridine rings is 1. The summed E-state index contributed by atoms with van der Waals surface area (Å²) in [5.41, 5.74) is 0.480. The number of fused-ring (bicyclic) bond motifs is 1. The number of carbonyl (C=O) groups is 1. The van der Waals surface area contributed by atoms with Crippen molar-refractivity contribution in [2.75, 3.05) is 25.1 Å². The monoisotopic (exact) mass is 401 g/mol. The number of anilines is 1. The van der Waals surface area contributed by atoms with E-state index < -0.39 is 17.2 Å². The van der Waals surface area contributed by atoms with Crippen molar-refractivity contribution in [2.45, 2.75) is 38.8 Å². The van der Waals surface area contributed by atoms with Crippen LogP contribution in [-0.4, -0.2) is 47.9 Å². The zero-order valence-corrected chi connectivity index (χ0v) is 16.7. The number of benzene rings is 1. The fraction of sp³-hybridized carbons (Fsp3) is 0.429. The summed E-state index contributed by atoms with van der Waals surface area (Å²) in [6.45, 7) is 5.23. The van der Waals surface area contributed by atoms with Crippen LogP contribution in [0.5, 0.6) is 5.75 Å². The summed E-state index contributed by atoms with van der Waals surface area (Å²) in [6.07, 6.45) is 4.90. The van der Waals surface area contributed by atoms with E-state index in [0.717, 1.165) is 24.6 Å². The van der Waals surface area contributed by atoms with Crippen LogP contribution in [0, 0.1) is 5.82 Å². The van der Waals surface area contributed by atoms with E-state index in [4.69, 9.17) is 4.74 Å². The van der Waals surface area contributed by atoms with Gasteiger partial charge in [-0.2, -0.15) is 0 Å². The second-order valence-corrected chi connectivity index (χ2v) is 7.79. The molecule has 1 aliphatic heterocycles. The number of carboxylic acids is 1. The standard InChI is InChI=1S/C21H24FN3O4/c1-11-8-24(9-12(2)23-11)18-16(22)7-14-17(20(18)29-3)25(13-5-4-6-13)10-15(19(14)26)21(27)28/h5,7,10-12,23H,4,6,8-9H2,1-3H3,(H,27,28)/t11-,12+. The molecule has 0 radical (unpaired) electrons. The number of allylic oxidation sites excluding steroid dienone is 2. The molecule has 8 heteroatoms.